The lowest BCUT2D eigenvalue weighted by atomic mass is 10.0. The first-order chi connectivity index (χ1) is 9.58. The Balaban J connectivity index is 1.82. The van der Waals surface area contributed by atoms with Crippen LogP contribution >= 0.6 is 15.9 Å². The van der Waals surface area contributed by atoms with Crippen LogP contribution in [0.2, 0.25) is 0 Å². The Morgan fingerprint density at radius 2 is 1.60 bits per heavy atom. The van der Waals surface area contributed by atoms with Crippen LogP contribution in [0.4, 0.5) is 13.2 Å². The molecule has 3 rings (SSSR count). The molecule has 0 spiro atoms. The maximum Gasteiger partial charge on any atom is 0.161 e. The zero-order valence-corrected chi connectivity index (χ0v) is 12.1. The van der Waals surface area contributed by atoms with Crippen molar-refractivity contribution in [2.24, 2.45) is 5.92 Å². The van der Waals surface area contributed by atoms with Crippen molar-refractivity contribution in [3.8, 4) is 0 Å². The predicted molar refractivity (Wildman–Crippen MR) is 75.3 cm³/mol. The van der Waals surface area contributed by atoms with Gasteiger partial charge in [-0.15, -0.1) is 0 Å². The Morgan fingerprint density at radius 1 is 0.950 bits per heavy atom. The van der Waals surface area contributed by atoms with Gasteiger partial charge in [-0.1, -0.05) is 46.3 Å². The third-order valence-electron chi connectivity index (χ3n) is 3.78. The SMILES string of the molecule is Fc1cc(F)c(C(Br)C2CC2c2ccccc2)cc1F. The summed E-state index contributed by atoms with van der Waals surface area (Å²) in [6, 6.07) is 11.5. The van der Waals surface area contributed by atoms with Gasteiger partial charge in [0.25, 0.3) is 0 Å². The standard InChI is InChI=1S/C16H12BrF3/c17-16(12-7-14(19)15(20)8-13(12)18)11-6-10(11)9-4-2-1-3-5-9/h1-5,7-8,10-11,16H,6H2. The van der Waals surface area contributed by atoms with Crippen LogP contribution < -0.4 is 0 Å². The van der Waals surface area contributed by atoms with Crippen molar-refractivity contribution >= 4 is 15.9 Å². The van der Waals surface area contributed by atoms with E-state index in [1.54, 1.807) is 0 Å². The van der Waals surface area contributed by atoms with Gasteiger partial charge in [0.2, 0.25) is 0 Å². The third kappa shape index (κ3) is 2.49. The highest BCUT2D eigenvalue weighted by atomic mass is 79.9. The summed E-state index contributed by atoms with van der Waals surface area (Å²) in [5, 5.41) is 0. The molecule has 3 unspecified atom stereocenters. The molecule has 0 amide bonds. The lowest BCUT2D eigenvalue weighted by molar-refractivity contribution is 0.488. The Morgan fingerprint density at radius 3 is 2.30 bits per heavy atom. The number of rotatable bonds is 3. The average molecular weight is 341 g/mol. The first-order valence-electron chi connectivity index (χ1n) is 6.41. The molecule has 104 valence electrons. The predicted octanol–water partition coefficient (Wildman–Crippen LogP) is 5.34. The highest BCUT2D eigenvalue weighted by Crippen LogP contribution is 2.57. The van der Waals surface area contributed by atoms with Gasteiger partial charge in [0.15, 0.2) is 11.6 Å². The zero-order chi connectivity index (χ0) is 14.3. The fourth-order valence-electron chi connectivity index (χ4n) is 2.60. The zero-order valence-electron chi connectivity index (χ0n) is 10.5. The topological polar surface area (TPSA) is 0 Å². The van der Waals surface area contributed by atoms with Crippen molar-refractivity contribution in [3.05, 3.63) is 71.0 Å². The molecule has 0 saturated heterocycles. The van der Waals surface area contributed by atoms with Gasteiger partial charge in [-0.3, -0.25) is 0 Å². The van der Waals surface area contributed by atoms with Gasteiger partial charge in [0.1, 0.15) is 5.82 Å². The Kier molecular flexibility index (Phi) is 3.59. The van der Waals surface area contributed by atoms with Crippen molar-refractivity contribution in [3.63, 3.8) is 0 Å². The van der Waals surface area contributed by atoms with Gasteiger partial charge in [-0.05, 0) is 29.9 Å². The summed E-state index contributed by atoms with van der Waals surface area (Å²) in [5.41, 5.74) is 1.39. The molecule has 20 heavy (non-hydrogen) atoms. The molecule has 0 bridgehead atoms. The Hall–Kier alpha value is -1.29. The van der Waals surface area contributed by atoms with Gasteiger partial charge < -0.3 is 0 Å². The van der Waals surface area contributed by atoms with Crippen LogP contribution in [0.1, 0.15) is 28.3 Å². The lowest BCUT2D eigenvalue weighted by Gasteiger charge is -2.12. The second-order valence-electron chi connectivity index (χ2n) is 5.11. The number of halogens is 4. The second kappa shape index (κ2) is 5.24. The summed E-state index contributed by atoms with van der Waals surface area (Å²) < 4.78 is 40.0. The molecule has 0 N–H and O–H groups in total. The molecule has 0 aliphatic heterocycles. The summed E-state index contributed by atoms with van der Waals surface area (Å²) in [5.74, 6) is -2.32. The number of benzene rings is 2. The monoisotopic (exact) mass is 340 g/mol. The molecule has 2 aromatic carbocycles. The molecule has 1 fully saturated rings. The molecule has 3 atom stereocenters. The van der Waals surface area contributed by atoms with Crippen molar-refractivity contribution in [2.45, 2.75) is 17.2 Å². The van der Waals surface area contributed by atoms with E-state index in [9.17, 15) is 13.2 Å². The van der Waals surface area contributed by atoms with Crippen LogP contribution in [0.3, 0.4) is 0 Å². The summed E-state index contributed by atoms with van der Waals surface area (Å²) in [6.45, 7) is 0. The molecule has 0 radical (unpaired) electrons. The Bertz CT molecular complexity index is 627. The highest BCUT2D eigenvalue weighted by molar-refractivity contribution is 9.09. The maximum absolute atomic E-state index is 13.8. The molecule has 0 nitrogen and oxygen atoms in total. The van der Waals surface area contributed by atoms with Crippen molar-refractivity contribution in [1.29, 1.82) is 0 Å². The van der Waals surface area contributed by atoms with E-state index in [0.29, 0.717) is 12.0 Å². The van der Waals surface area contributed by atoms with Gasteiger partial charge >= 0.3 is 0 Å². The lowest BCUT2D eigenvalue weighted by Crippen LogP contribution is -2.01. The fraction of sp³-hybridized carbons (Fsp3) is 0.250. The van der Waals surface area contributed by atoms with Crippen LogP contribution in [-0.4, -0.2) is 0 Å². The van der Waals surface area contributed by atoms with Gasteiger partial charge in [0, 0.05) is 16.5 Å². The summed E-state index contributed by atoms with van der Waals surface area (Å²) >= 11 is 3.43. The third-order valence-corrected chi connectivity index (χ3v) is 4.95. The van der Waals surface area contributed by atoms with Gasteiger partial charge in [-0.2, -0.15) is 0 Å². The van der Waals surface area contributed by atoms with Crippen LogP contribution in [0.5, 0.6) is 0 Å². The highest BCUT2D eigenvalue weighted by Gasteiger charge is 2.44. The van der Waals surface area contributed by atoms with Crippen LogP contribution in [0, 0.1) is 23.4 Å². The van der Waals surface area contributed by atoms with Crippen molar-refractivity contribution < 1.29 is 13.2 Å². The van der Waals surface area contributed by atoms with E-state index in [1.807, 2.05) is 30.3 Å². The minimum atomic E-state index is -1.15. The fourth-order valence-corrected chi connectivity index (χ4v) is 3.54. The molecular weight excluding hydrogens is 329 g/mol. The maximum atomic E-state index is 13.8. The summed E-state index contributed by atoms with van der Waals surface area (Å²) in [6.07, 6.45) is 0.915. The Labute approximate surface area is 123 Å². The van der Waals surface area contributed by atoms with Crippen molar-refractivity contribution in [1.82, 2.24) is 0 Å². The van der Waals surface area contributed by atoms with E-state index in [-0.39, 0.29) is 16.3 Å². The van der Waals surface area contributed by atoms with E-state index in [1.165, 1.54) is 5.56 Å². The minimum absolute atomic E-state index is 0.187. The summed E-state index contributed by atoms with van der Waals surface area (Å²) in [7, 11) is 0. The minimum Gasteiger partial charge on any atom is -0.207 e. The van der Waals surface area contributed by atoms with E-state index in [4.69, 9.17) is 0 Å². The van der Waals surface area contributed by atoms with E-state index >= 15 is 0 Å². The molecule has 0 aromatic heterocycles. The van der Waals surface area contributed by atoms with E-state index in [2.05, 4.69) is 15.9 Å². The molecule has 4 heteroatoms. The summed E-state index contributed by atoms with van der Waals surface area (Å²) in [4.78, 5) is -0.303. The molecule has 2 aromatic rings. The molecule has 1 aliphatic rings. The second-order valence-corrected chi connectivity index (χ2v) is 6.09. The number of alkyl halides is 1. The normalized spacial score (nSPS) is 22.6. The molecule has 0 heterocycles. The molecule has 1 saturated carbocycles. The van der Waals surface area contributed by atoms with E-state index < -0.39 is 17.5 Å². The van der Waals surface area contributed by atoms with Crippen LogP contribution in [0.15, 0.2) is 42.5 Å². The van der Waals surface area contributed by atoms with Crippen LogP contribution in [0.25, 0.3) is 0 Å². The molecular formula is C16H12BrF3. The number of hydrogen-bond acceptors (Lipinski definition) is 0. The largest absolute Gasteiger partial charge is 0.207 e. The smallest absolute Gasteiger partial charge is 0.161 e. The van der Waals surface area contributed by atoms with Gasteiger partial charge in [0.05, 0.1) is 0 Å². The quantitative estimate of drug-likeness (QED) is 0.522. The van der Waals surface area contributed by atoms with Crippen molar-refractivity contribution in [2.75, 3.05) is 0 Å². The molecule has 1 aliphatic carbocycles. The first kappa shape index (κ1) is 13.7. The first-order valence-corrected chi connectivity index (χ1v) is 7.33. The number of hydrogen-bond donors (Lipinski definition) is 0. The van der Waals surface area contributed by atoms with E-state index in [0.717, 1.165) is 12.5 Å². The van der Waals surface area contributed by atoms with Crippen LogP contribution in [-0.2, 0) is 0 Å². The van der Waals surface area contributed by atoms with Gasteiger partial charge in [-0.25, -0.2) is 13.2 Å². The average Bonchev–Trinajstić information content (AvgIpc) is 3.23.